The van der Waals surface area contributed by atoms with Gasteiger partial charge in [-0.25, -0.2) is 0 Å². The molecule has 2 nitrogen and oxygen atoms in total. The van der Waals surface area contributed by atoms with Crippen molar-refractivity contribution in [3.63, 3.8) is 0 Å². The zero-order valence-corrected chi connectivity index (χ0v) is 36.1. The van der Waals surface area contributed by atoms with E-state index >= 15 is 0 Å². The van der Waals surface area contributed by atoms with Gasteiger partial charge in [-0.1, -0.05) is 108 Å². The van der Waals surface area contributed by atoms with Crippen LogP contribution in [-0.4, -0.2) is 8.80 Å². The molecule has 0 bridgehead atoms. The first kappa shape index (κ1) is 34.6. The van der Waals surface area contributed by atoms with Gasteiger partial charge >= 0.3 is 0 Å². The smallest absolute Gasteiger partial charge is 0.0620 e. The van der Waals surface area contributed by atoms with Gasteiger partial charge in [0.2, 0.25) is 0 Å². The Morgan fingerprint density at radius 1 is 0.250 bits per heavy atom. The average molecular weight is 813 g/mol. The van der Waals surface area contributed by atoms with Crippen LogP contribution in [0, 0.1) is 27.7 Å². The van der Waals surface area contributed by atoms with Crippen molar-refractivity contribution in [2.24, 2.45) is 0 Å². The number of aromatic nitrogens is 2. The van der Waals surface area contributed by atoms with Crippen LogP contribution < -0.4 is 0 Å². The summed E-state index contributed by atoms with van der Waals surface area (Å²) in [6, 6.07) is 65.5. The zero-order valence-electron chi connectivity index (χ0n) is 36.1. The van der Waals surface area contributed by atoms with E-state index in [0.29, 0.717) is 0 Å². The molecule has 0 aliphatic carbocycles. The summed E-state index contributed by atoms with van der Waals surface area (Å²) < 4.78 is 5.13. The van der Waals surface area contributed by atoms with Crippen LogP contribution in [0.5, 0.6) is 0 Å². The average Bonchev–Trinajstić information content (AvgIpc) is 4.01. The SMILES string of the molecule is Cc1ccc2c(c1)c1cc(C)cc3c4cc5c(-c6cccc7ccccc67)c6cc7c(cc6c(-c6cccc8ccccc68)c5cc4n2c13)c1cc(C)cc2c3cc(C)ccc3n7c21. The number of hydrogen-bond acceptors (Lipinski definition) is 0. The molecule has 4 heterocycles. The topological polar surface area (TPSA) is 8.82 Å². The molecule has 15 rings (SSSR count). The van der Waals surface area contributed by atoms with Gasteiger partial charge in [0.25, 0.3) is 0 Å². The van der Waals surface area contributed by atoms with E-state index < -0.39 is 0 Å². The molecule has 15 aromatic rings. The lowest BCUT2D eigenvalue weighted by Gasteiger charge is -2.21. The second-order valence-corrected chi connectivity index (χ2v) is 18.8. The molecule has 64 heavy (non-hydrogen) atoms. The number of benzene rings is 11. The van der Waals surface area contributed by atoms with Gasteiger partial charge in [0.1, 0.15) is 0 Å². The molecule has 0 aliphatic rings. The molecule has 0 radical (unpaired) electrons. The van der Waals surface area contributed by atoms with Gasteiger partial charge in [0, 0.05) is 43.1 Å². The van der Waals surface area contributed by atoms with E-state index in [9.17, 15) is 0 Å². The molecule has 4 aromatic heterocycles. The van der Waals surface area contributed by atoms with E-state index in [0.717, 1.165) is 0 Å². The van der Waals surface area contributed by atoms with Gasteiger partial charge < -0.3 is 8.80 Å². The Bertz CT molecular complexity index is 4270. The van der Waals surface area contributed by atoms with Crippen LogP contribution in [0.15, 0.2) is 170 Å². The first-order chi connectivity index (χ1) is 31.4. The first-order valence-corrected chi connectivity index (χ1v) is 22.6. The van der Waals surface area contributed by atoms with Crippen LogP contribution in [0.25, 0.3) is 142 Å². The third kappa shape index (κ3) is 4.30. The van der Waals surface area contributed by atoms with Crippen molar-refractivity contribution in [3.05, 3.63) is 192 Å². The first-order valence-electron chi connectivity index (χ1n) is 22.6. The fourth-order valence-corrected chi connectivity index (χ4v) is 12.3. The Labute approximate surface area is 368 Å². The largest absolute Gasteiger partial charge is 0.308 e. The molecular weight excluding hydrogens is 773 g/mol. The van der Waals surface area contributed by atoms with Gasteiger partial charge in [-0.2, -0.15) is 0 Å². The third-order valence-electron chi connectivity index (χ3n) is 14.9. The highest BCUT2D eigenvalue weighted by Crippen LogP contribution is 2.52. The van der Waals surface area contributed by atoms with E-state index in [1.54, 1.807) is 0 Å². The Kier molecular flexibility index (Phi) is 6.46. The summed E-state index contributed by atoms with van der Waals surface area (Å²) >= 11 is 0. The van der Waals surface area contributed by atoms with Gasteiger partial charge in [-0.05, 0) is 177 Å². The second kappa shape index (κ2) is 11.9. The molecule has 0 N–H and O–H groups in total. The number of nitrogens with zero attached hydrogens (tertiary/aromatic N) is 2. The van der Waals surface area contributed by atoms with Crippen molar-refractivity contribution < 1.29 is 0 Å². The van der Waals surface area contributed by atoms with Crippen molar-refractivity contribution in [1.82, 2.24) is 8.80 Å². The van der Waals surface area contributed by atoms with Crippen molar-refractivity contribution in [3.8, 4) is 22.3 Å². The molecule has 0 fully saturated rings. The molecule has 0 atom stereocenters. The Hall–Kier alpha value is -7.94. The molecular formula is C62H40N2. The zero-order chi connectivity index (χ0) is 42.3. The van der Waals surface area contributed by atoms with Gasteiger partial charge in [-0.3, -0.25) is 0 Å². The number of hydrogen-bond donors (Lipinski definition) is 0. The molecule has 0 aliphatic heterocycles. The normalized spacial score (nSPS) is 12.7. The van der Waals surface area contributed by atoms with Crippen molar-refractivity contribution in [2.75, 3.05) is 0 Å². The summed E-state index contributed by atoms with van der Waals surface area (Å²) in [5.74, 6) is 0. The maximum atomic E-state index is 2.56. The van der Waals surface area contributed by atoms with E-state index in [1.807, 2.05) is 0 Å². The van der Waals surface area contributed by atoms with Crippen LogP contribution in [0.2, 0.25) is 0 Å². The van der Waals surface area contributed by atoms with Gasteiger partial charge in [0.15, 0.2) is 0 Å². The predicted molar refractivity (Wildman–Crippen MR) is 276 cm³/mol. The number of rotatable bonds is 2. The molecule has 0 spiro atoms. The van der Waals surface area contributed by atoms with E-state index in [4.69, 9.17) is 0 Å². The third-order valence-corrected chi connectivity index (χ3v) is 14.9. The Morgan fingerprint density at radius 2 is 0.609 bits per heavy atom. The van der Waals surface area contributed by atoms with Crippen LogP contribution in [0.4, 0.5) is 0 Å². The molecule has 0 amide bonds. The summed E-state index contributed by atoms with van der Waals surface area (Å²) in [5.41, 5.74) is 17.9. The highest BCUT2D eigenvalue weighted by Gasteiger charge is 2.26. The van der Waals surface area contributed by atoms with Gasteiger partial charge in [0.05, 0.1) is 33.1 Å². The van der Waals surface area contributed by atoms with Crippen molar-refractivity contribution in [2.45, 2.75) is 27.7 Å². The summed E-state index contributed by atoms with van der Waals surface area (Å²) in [6.45, 7) is 8.93. The fraction of sp³-hybridized carbons (Fsp3) is 0.0645. The molecule has 0 saturated heterocycles. The maximum absolute atomic E-state index is 2.56. The molecule has 0 saturated carbocycles. The standard InChI is InChI=1S/C62H40N2/c1-33-19-21-55-43(23-33)51-25-35(3)27-53-45-29-47-49(31-57(45)63(55)61(51)53)59(41-17-9-13-37-11-5-7-15-39(37)41)48-30-46-54-28-36(4)26-52-44-24-34(2)20-22-56(44)64(62(52)54)58(46)32-50(48)60(47)42-18-10-14-38-12-6-8-16-40(38)42/h5-32H,1-4H3. The Balaban J connectivity index is 1.25. The van der Waals surface area contributed by atoms with Crippen LogP contribution in [0.3, 0.4) is 0 Å². The molecule has 2 heteroatoms. The highest BCUT2D eigenvalue weighted by atomic mass is 14.9. The summed E-state index contributed by atoms with van der Waals surface area (Å²) in [7, 11) is 0. The lowest BCUT2D eigenvalue weighted by molar-refractivity contribution is 1.36. The lowest BCUT2D eigenvalue weighted by Crippen LogP contribution is -1.94. The quantitative estimate of drug-likeness (QED) is 0.154. The second-order valence-electron chi connectivity index (χ2n) is 18.8. The molecule has 298 valence electrons. The van der Waals surface area contributed by atoms with E-state index in [-0.39, 0.29) is 0 Å². The van der Waals surface area contributed by atoms with Gasteiger partial charge in [-0.15, -0.1) is 0 Å². The number of fused-ring (bicyclic) bond motifs is 16. The monoisotopic (exact) mass is 812 g/mol. The minimum Gasteiger partial charge on any atom is -0.308 e. The highest BCUT2D eigenvalue weighted by molar-refractivity contribution is 6.33. The van der Waals surface area contributed by atoms with Crippen LogP contribution in [0.1, 0.15) is 22.3 Å². The van der Waals surface area contributed by atoms with E-state index in [2.05, 4.69) is 206 Å². The maximum Gasteiger partial charge on any atom is 0.0620 e. The molecule has 11 aromatic carbocycles. The fourth-order valence-electron chi connectivity index (χ4n) is 12.3. The summed E-state index contributed by atoms with van der Waals surface area (Å²) in [6.07, 6.45) is 0. The molecule has 0 unspecified atom stereocenters. The number of aryl methyl sites for hydroxylation is 4. The minimum atomic E-state index is 1.25. The summed E-state index contributed by atoms with van der Waals surface area (Å²) in [5, 5.41) is 20.6. The van der Waals surface area contributed by atoms with Crippen molar-refractivity contribution in [1.29, 1.82) is 0 Å². The van der Waals surface area contributed by atoms with Crippen LogP contribution >= 0.6 is 0 Å². The summed E-state index contributed by atoms with van der Waals surface area (Å²) in [4.78, 5) is 0. The van der Waals surface area contributed by atoms with Crippen molar-refractivity contribution >= 4 is 119 Å². The lowest BCUT2D eigenvalue weighted by atomic mass is 9.82. The predicted octanol–water partition coefficient (Wildman–Crippen LogP) is 17.2. The minimum absolute atomic E-state index is 1.25. The van der Waals surface area contributed by atoms with E-state index in [1.165, 1.54) is 164 Å². The Morgan fingerprint density at radius 3 is 1.05 bits per heavy atom. The van der Waals surface area contributed by atoms with Crippen LogP contribution in [-0.2, 0) is 0 Å².